The Morgan fingerprint density at radius 1 is 1.20 bits per heavy atom. The summed E-state index contributed by atoms with van der Waals surface area (Å²) in [6.45, 7) is 3.70. The molecule has 0 radical (unpaired) electrons. The van der Waals surface area contributed by atoms with Crippen LogP contribution < -0.4 is 4.74 Å². The number of para-hydroxylation sites is 1. The Labute approximate surface area is 120 Å². The number of benzene rings is 1. The largest absolute Gasteiger partial charge is 0.494 e. The molecule has 0 spiro atoms. The van der Waals surface area contributed by atoms with E-state index in [2.05, 4.69) is 11.5 Å². The van der Waals surface area contributed by atoms with E-state index < -0.39 is 0 Å². The zero-order chi connectivity index (χ0) is 14.2. The van der Waals surface area contributed by atoms with Gasteiger partial charge in [-0.1, -0.05) is 31.5 Å². The Balaban J connectivity index is 1.72. The van der Waals surface area contributed by atoms with Crippen LogP contribution in [0.1, 0.15) is 37.9 Å². The molecule has 0 amide bonds. The molecule has 0 saturated heterocycles. The SMILES string of the molecule is CCCC(O)c1ccn(CCCOc2ccccc2)c1. The van der Waals surface area contributed by atoms with Gasteiger partial charge in [-0.3, -0.25) is 0 Å². The maximum Gasteiger partial charge on any atom is 0.119 e. The van der Waals surface area contributed by atoms with Crippen LogP contribution in [0.15, 0.2) is 48.8 Å². The van der Waals surface area contributed by atoms with Gasteiger partial charge in [0, 0.05) is 18.9 Å². The monoisotopic (exact) mass is 273 g/mol. The number of nitrogens with zero attached hydrogens (tertiary/aromatic N) is 1. The van der Waals surface area contributed by atoms with Crippen molar-refractivity contribution >= 4 is 0 Å². The molecule has 3 heteroatoms. The summed E-state index contributed by atoms with van der Waals surface area (Å²) >= 11 is 0. The Morgan fingerprint density at radius 2 is 2.00 bits per heavy atom. The minimum absolute atomic E-state index is 0.332. The summed E-state index contributed by atoms with van der Waals surface area (Å²) in [5, 5.41) is 9.92. The summed E-state index contributed by atoms with van der Waals surface area (Å²) in [5.74, 6) is 0.916. The van der Waals surface area contributed by atoms with Crippen LogP contribution in [0.5, 0.6) is 5.75 Å². The first kappa shape index (κ1) is 14.7. The Morgan fingerprint density at radius 3 is 2.75 bits per heavy atom. The minimum atomic E-state index is -0.332. The van der Waals surface area contributed by atoms with Gasteiger partial charge in [0.1, 0.15) is 5.75 Å². The van der Waals surface area contributed by atoms with Crippen LogP contribution in [-0.4, -0.2) is 16.3 Å². The molecule has 1 atom stereocenters. The van der Waals surface area contributed by atoms with E-state index in [0.29, 0.717) is 6.61 Å². The molecule has 1 aromatic carbocycles. The van der Waals surface area contributed by atoms with E-state index in [1.54, 1.807) is 0 Å². The van der Waals surface area contributed by atoms with Crippen LogP contribution in [0.2, 0.25) is 0 Å². The molecule has 0 aliphatic rings. The molecule has 0 aliphatic heterocycles. The first-order valence-electron chi connectivity index (χ1n) is 7.31. The van der Waals surface area contributed by atoms with Crippen LogP contribution in [0.4, 0.5) is 0 Å². The number of aliphatic hydroxyl groups excluding tert-OH is 1. The molecule has 1 unspecified atom stereocenters. The predicted molar refractivity (Wildman–Crippen MR) is 80.9 cm³/mol. The van der Waals surface area contributed by atoms with Gasteiger partial charge in [-0.15, -0.1) is 0 Å². The highest BCUT2D eigenvalue weighted by Gasteiger charge is 2.07. The number of hydrogen-bond donors (Lipinski definition) is 1. The van der Waals surface area contributed by atoms with Crippen LogP contribution in [-0.2, 0) is 6.54 Å². The summed E-state index contributed by atoms with van der Waals surface area (Å²) in [4.78, 5) is 0. The van der Waals surface area contributed by atoms with Gasteiger partial charge >= 0.3 is 0 Å². The fourth-order valence-electron chi connectivity index (χ4n) is 2.19. The fourth-order valence-corrected chi connectivity index (χ4v) is 2.19. The normalized spacial score (nSPS) is 12.3. The number of aryl methyl sites for hydroxylation is 1. The van der Waals surface area contributed by atoms with E-state index in [9.17, 15) is 5.11 Å². The summed E-state index contributed by atoms with van der Waals surface area (Å²) in [6.07, 6.45) is 6.49. The quantitative estimate of drug-likeness (QED) is 0.742. The molecule has 0 fully saturated rings. The molecule has 2 rings (SSSR count). The zero-order valence-electron chi connectivity index (χ0n) is 12.0. The second-order valence-corrected chi connectivity index (χ2v) is 5.00. The van der Waals surface area contributed by atoms with Crippen molar-refractivity contribution in [1.29, 1.82) is 0 Å². The van der Waals surface area contributed by atoms with Crippen LogP contribution in [0, 0.1) is 0 Å². The lowest BCUT2D eigenvalue weighted by atomic mass is 10.1. The summed E-state index contributed by atoms with van der Waals surface area (Å²) in [7, 11) is 0. The van der Waals surface area contributed by atoms with Crippen molar-refractivity contribution in [3.8, 4) is 5.75 Å². The molecule has 20 heavy (non-hydrogen) atoms. The standard InChI is InChI=1S/C17H23NO2/c1-2-7-17(19)15-10-12-18(14-15)11-6-13-20-16-8-4-3-5-9-16/h3-5,8-10,12,14,17,19H,2,6-7,11,13H2,1H3. The number of aliphatic hydroxyl groups is 1. The third-order valence-electron chi connectivity index (χ3n) is 3.29. The van der Waals surface area contributed by atoms with Crippen molar-refractivity contribution < 1.29 is 9.84 Å². The van der Waals surface area contributed by atoms with Gasteiger partial charge in [0.15, 0.2) is 0 Å². The van der Waals surface area contributed by atoms with Gasteiger partial charge in [-0.2, -0.15) is 0 Å². The fraction of sp³-hybridized carbons (Fsp3) is 0.412. The maximum absolute atomic E-state index is 9.92. The lowest BCUT2D eigenvalue weighted by Gasteiger charge is -2.07. The Kier molecular flexibility index (Phi) is 5.69. The first-order valence-corrected chi connectivity index (χ1v) is 7.31. The van der Waals surface area contributed by atoms with E-state index >= 15 is 0 Å². The Bertz CT molecular complexity index is 493. The van der Waals surface area contributed by atoms with E-state index in [-0.39, 0.29) is 6.10 Å². The molecule has 0 saturated carbocycles. The van der Waals surface area contributed by atoms with Crippen molar-refractivity contribution in [2.24, 2.45) is 0 Å². The van der Waals surface area contributed by atoms with Gasteiger partial charge < -0.3 is 14.4 Å². The number of ether oxygens (including phenoxy) is 1. The highest BCUT2D eigenvalue weighted by atomic mass is 16.5. The highest BCUT2D eigenvalue weighted by Crippen LogP contribution is 2.18. The van der Waals surface area contributed by atoms with Crippen molar-refractivity contribution in [3.63, 3.8) is 0 Å². The molecule has 2 aromatic rings. The molecule has 1 N–H and O–H groups in total. The molecule has 108 valence electrons. The molecule has 3 nitrogen and oxygen atoms in total. The number of aromatic nitrogens is 1. The number of rotatable bonds is 8. The van der Waals surface area contributed by atoms with E-state index in [1.807, 2.05) is 48.8 Å². The Hall–Kier alpha value is -1.74. The smallest absolute Gasteiger partial charge is 0.119 e. The van der Waals surface area contributed by atoms with Crippen molar-refractivity contribution in [3.05, 3.63) is 54.4 Å². The molecule has 1 aromatic heterocycles. The van der Waals surface area contributed by atoms with E-state index in [1.165, 1.54) is 0 Å². The van der Waals surface area contributed by atoms with Crippen molar-refractivity contribution in [2.75, 3.05) is 6.61 Å². The van der Waals surface area contributed by atoms with Gasteiger partial charge in [-0.25, -0.2) is 0 Å². The highest BCUT2D eigenvalue weighted by molar-refractivity contribution is 5.20. The minimum Gasteiger partial charge on any atom is -0.494 e. The third kappa shape index (κ3) is 4.42. The second kappa shape index (κ2) is 7.75. The molecular weight excluding hydrogens is 250 g/mol. The summed E-state index contributed by atoms with van der Waals surface area (Å²) in [5.41, 5.74) is 1.01. The average Bonchev–Trinajstić information content (AvgIpc) is 2.94. The van der Waals surface area contributed by atoms with E-state index in [4.69, 9.17) is 4.74 Å². The van der Waals surface area contributed by atoms with Crippen LogP contribution in [0.25, 0.3) is 0 Å². The maximum atomic E-state index is 9.92. The van der Waals surface area contributed by atoms with Crippen LogP contribution in [0.3, 0.4) is 0 Å². The molecule has 1 heterocycles. The van der Waals surface area contributed by atoms with Crippen molar-refractivity contribution in [1.82, 2.24) is 4.57 Å². The molecule has 0 bridgehead atoms. The number of hydrogen-bond acceptors (Lipinski definition) is 2. The van der Waals surface area contributed by atoms with Gasteiger partial charge in [0.2, 0.25) is 0 Å². The summed E-state index contributed by atoms with van der Waals surface area (Å²) < 4.78 is 7.77. The average molecular weight is 273 g/mol. The second-order valence-electron chi connectivity index (χ2n) is 5.00. The van der Waals surface area contributed by atoms with Gasteiger partial charge in [0.05, 0.1) is 12.7 Å². The first-order chi connectivity index (χ1) is 9.79. The van der Waals surface area contributed by atoms with Gasteiger partial charge in [0.25, 0.3) is 0 Å². The zero-order valence-corrected chi connectivity index (χ0v) is 12.0. The van der Waals surface area contributed by atoms with E-state index in [0.717, 1.165) is 37.1 Å². The van der Waals surface area contributed by atoms with Crippen molar-refractivity contribution in [2.45, 2.75) is 38.8 Å². The lowest BCUT2D eigenvalue weighted by Crippen LogP contribution is -2.03. The molecule has 0 aliphatic carbocycles. The van der Waals surface area contributed by atoms with Gasteiger partial charge in [-0.05, 0) is 36.6 Å². The van der Waals surface area contributed by atoms with Crippen LogP contribution >= 0.6 is 0 Å². The summed E-state index contributed by atoms with van der Waals surface area (Å²) in [6, 6.07) is 11.9. The topological polar surface area (TPSA) is 34.4 Å². The molecular formula is C17H23NO2. The lowest BCUT2D eigenvalue weighted by molar-refractivity contribution is 0.166. The third-order valence-corrected chi connectivity index (χ3v) is 3.29. The predicted octanol–water partition coefficient (Wildman–Crippen LogP) is 3.79.